The number of carboxylic acid groups (broad SMARTS) is 3. The predicted molar refractivity (Wildman–Crippen MR) is 90.1 cm³/mol. The molecule has 10 N–H and O–H groups in total. The molecule has 0 fully saturated rings. The highest BCUT2D eigenvalue weighted by Crippen LogP contribution is 1.98. The summed E-state index contributed by atoms with van der Waals surface area (Å²) in [4.78, 5) is 68.2. The Morgan fingerprint density at radius 3 is 1.48 bits per heavy atom. The number of aliphatic carboxylic acids is 3. The highest BCUT2D eigenvalue weighted by molar-refractivity contribution is 5.96. The molecule has 15 heteroatoms. The van der Waals surface area contributed by atoms with Crippen LogP contribution < -0.4 is 21.7 Å². The summed E-state index contributed by atoms with van der Waals surface area (Å²) in [7, 11) is 0. The van der Waals surface area contributed by atoms with Crippen molar-refractivity contribution in [2.24, 2.45) is 5.73 Å². The Morgan fingerprint density at radius 2 is 1.07 bits per heavy atom. The van der Waals surface area contributed by atoms with Crippen molar-refractivity contribution in [1.29, 1.82) is 0 Å². The summed E-state index contributed by atoms with van der Waals surface area (Å²) in [6.45, 7) is -2.02. The minimum Gasteiger partial charge on any atom is -0.481 e. The van der Waals surface area contributed by atoms with E-state index in [1.54, 1.807) is 0 Å². The number of carbonyl (C=O) groups is 6. The van der Waals surface area contributed by atoms with Crippen LogP contribution in [-0.2, 0) is 28.8 Å². The van der Waals surface area contributed by atoms with Crippen LogP contribution in [0.3, 0.4) is 0 Å². The second-order valence-electron chi connectivity index (χ2n) is 5.69. The average molecular weight is 422 g/mol. The van der Waals surface area contributed by atoms with E-state index >= 15 is 0 Å². The first-order valence-corrected chi connectivity index (χ1v) is 7.97. The molecule has 0 aliphatic heterocycles. The zero-order valence-electron chi connectivity index (χ0n) is 14.9. The lowest BCUT2D eigenvalue weighted by atomic mass is 10.1. The highest BCUT2D eigenvalue weighted by Gasteiger charge is 2.31. The van der Waals surface area contributed by atoms with Crippen molar-refractivity contribution in [3.8, 4) is 0 Å². The fourth-order valence-corrected chi connectivity index (χ4v) is 1.87. The molecule has 0 aromatic rings. The smallest absolute Gasteiger partial charge is 0.328 e. The Balaban J connectivity index is 5.19. The molecule has 0 spiro atoms. The number of amides is 3. The molecule has 4 unspecified atom stereocenters. The lowest BCUT2D eigenvalue weighted by Crippen LogP contribution is -2.58. The van der Waals surface area contributed by atoms with E-state index in [2.05, 4.69) is 0 Å². The molecule has 164 valence electrons. The van der Waals surface area contributed by atoms with Crippen LogP contribution in [0.5, 0.6) is 0 Å². The first kappa shape index (κ1) is 25.7. The Labute approximate surface area is 162 Å². The summed E-state index contributed by atoms with van der Waals surface area (Å²) in [6.07, 6.45) is -1.76. The van der Waals surface area contributed by atoms with Crippen LogP contribution in [0.15, 0.2) is 0 Å². The predicted octanol–water partition coefficient (Wildman–Crippen LogP) is -5.21. The second kappa shape index (κ2) is 12.2. The lowest BCUT2D eigenvalue weighted by Gasteiger charge is -2.23. The molecule has 4 atom stereocenters. The first-order chi connectivity index (χ1) is 13.4. The summed E-state index contributed by atoms with van der Waals surface area (Å²) >= 11 is 0. The van der Waals surface area contributed by atoms with E-state index in [9.17, 15) is 33.9 Å². The molecule has 0 aliphatic rings. The quantitative estimate of drug-likeness (QED) is 0.135. The maximum atomic E-state index is 12.2. The topological polar surface area (TPSA) is 266 Å². The van der Waals surface area contributed by atoms with Crippen LogP contribution in [0.25, 0.3) is 0 Å². The SMILES string of the molecule is NC(CC(=O)O)C(=O)NC(CO)C(=O)NC(CC(=O)O)C(=O)NC(CO)C(=O)O. The number of hydrogen-bond acceptors (Lipinski definition) is 9. The standard InChI is InChI=1S/C14H22N4O11/c15-5(1-9(21)22)11(25)17-7(3-19)13(27)16-6(2-10(23)24)12(26)18-8(4-20)14(28)29/h5-8,19-20H,1-4,15H2,(H,16,27)(H,17,25)(H,18,26)(H,21,22)(H,23,24)(H,28,29). The van der Waals surface area contributed by atoms with Gasteiger partial charge in [-0.1, -0.05) is 0 Å². The molecule has 0 aromatic heterocycles. The van der Waals surface area contributed by atoms with Gasteiger partial charge >= 0.3 is 17.9 Å². The van der Waals surface area contributed by atoms with Crippen LogP contribution in [0.4, 0.5) is 0 Å². The van der Waals surface area contributed by atoms with E-state index in [-0.39, 0.29) is 0 Å². The zero-order valence-corrected chi connectivity index (χ0v) is 14.9. The van der Waals surface area contributed by atoms with Crippen molar-refractivity contribution in [3.05, 3.63) is 0 Å². The molecule has 0 aliphatic carbocycles. The van der Waals surface area contributed by atoms with Gasteiger partial charge in [0.1, 0.15) is 18.1 Å². The van der Waals surface area contributed by atoms with Gasteiger partial charge in [-0.25, -0.2) is 4.79 Å². The van der Waals surface area contributed by atoms with Gasteiger partial charge in [0.15, 0.2) is 0 Å². The van der Waals surface area contributed by atoms with E-state index in [0.29, 0.717) is 0 Å². The molecule has 0 radical (unpaired) electrons. The van der Waals surface area contributed by atoms with Crippen LogP contribution in [0.1, 0.15) is 12.8 Å². The molecule has 0 rings (SSSR count). The fraction of sp³-hybridized carbons (Fsp3) is 0.571. The van der Waals surface area contributed by atoms with Crippen molar-refractivity contribution in [1.82, 2.24) is 16.0 Å². The third-order valence-corrected chi connectivity index (χ3v) is 3.36. The molecule has 3 amide bonds. The van der Waals surface area contributed by atoms with Gasteiger partial charge in [-0.15, -0.1) is 0 Å². The van der Waals surface area contributed by atoms with Gasteiger partial charge in [0.25, 0.3) is 0 Å². The maximum Gasteiger partial charge on any atom is 0.328 e. The van der Waals surface area contributed by atoms with Crippen LogP contribution in [0.2, 0.25) is 0 Å². The number of carboxylic acids is 3. The average Bonchev–Trinajstić information content (AvgIpc) is 2.61. The number of aliphatic hydroxyl groups is 2. The van der Waals surface area contributed by atoms with E-state index in [0.717, 1.165) is 0 Å². The van der Waals surface area contributed by atoms with Crippen LogP contribution >= 0.6 is 0 Å². The second-order valence-corrected chi connectivity index (χ2v) is 5.69. The van der Waals surface area contributed by atoms with Crippen molar-refractivity contribution in [2.75, 3.05) is 13.2 Å². The first-order valence-electron chi connectivity index (χ1n) is 7.97. The molecule has 0 heterocycles. The molecule has 0 aromatic carbocycles. The van der Waals surface area contributed by atoms with Crippen molar-refractivity contribution in [2.45, 2.75) is 37.0 Å². The van der Waals surface area contributed by atoms with E-state index < -0.39 is 85.9 Å². The molecular weight excluding hydrogens is 400 g/mol. The molecule has 0 bridgehead atoms. The Morgan fingerprint density at radius 1 is 0.655 bits per heavy atom. The Kier molecular flexibility index (Phi) is 10.8. The van der Waals surface area contributed by atoms with Gasteiger partial charge in [0.05, 0.1) is 32.1 Å². The number of aliphatic hydroxyl groups excluding tert-OH is 2. The third kappa shape index (κ3) is 9.45. The molecule has 15 nitrogen and oxygen atoms in total. The largest absolute Gasteiger partial charge is 0.481 e. The highest BCUT2D eigenvalue weighted by atomic mass is 16.4. The molecule has 0 saturated heterocycles. The van der Waals surface area contributed by atoms with Crippen LogP contribution in [0, 0.1) is 0 Å². The van der Waals surface area contributed by atoms with Crippen LogP contribution in [-0.4, -0.2) is 98.5 Å². The fourth-order valence-electron chi connectivity index (χ4n) is 1.87. The third-order valence-electron chi connectivity index (χ3n) is 3.36. The summed E-state index contributed by atoms with van der Waals surface area (Å²) in [5, 5.41) is 50.0. The summed E-state index contributed by atoms with van der Waals surface area (Å²) < 4.78 is 0. The number of hydrogen-bond donors (Lipinski definition) is 9. The van der Waals surface area contributed by atoms with Gasteiger partial charge < -0.3 is 47.2 Å². The Bertz CT molecular complexity index is 653. The minimum absolute atomic E-state index is 0.770. The van der Waals surface area contributed by atoms with Gasteiger partial charge in [-0.05, 0) is 0 Å². The number of nitrogens with one attached hydrogen (secondary N) is 3. The van der Waals surface area contributed by atoms with E-state index in [1.807, 2.05) is 16.0 Å². The molecular formula is C14H22N4O11. The van der Waals surface area contributed by atoms with Gasteiger partial charge in [0.2, 0.25) is 17.7 Å². The monoisotopic (exact) mass is 422 g/mol. The van der Waals surface area contributed by atoms with Gasteiger partial charge in [0, 0.05) is 0 Å². The summed E-state index contributed by atoms with van der Waals surface area (Å²) in [6, 6.07) is -6.84. The van der Waals surface area contributed by atoms with Gasteiger partial charge in [-0.3, -0.25) is 24.0 Å². The Hall–Kier alpha value is -3.30. The van der Waals surface area contributed by atoms with Crippen molar-refractivity contribution < 1.29 is 54.3 Å². The number of rotatable bonds is 13. The van der Waals surface area contributed by atoms with Crippen molar-refractivity contribution >= 4 is 35.6 Å². The number of carbonyl (C=O) groups excluding carboxylic acids is 3. The molecule has 29 heavy (non-hydrogen) atoms. The summed E-state index contributed by atoms with van der Waals surface area (Å²) in [5.41, 5.74) is 5.31. The minimum atomic E-state index is -1.81. The lowest BCUT2D eigenvalue weighted by molar-refractivity contribution is -0.144. The van der Waals surface area contributed by atoms with E-state index in [4.69, 9.17) is 26.2 Å². The summed E-state index contributed by atoms with van der Waals surface area (Å²) in [5.74, 6) is -8.14. The van der Waals surface area contributed by atoms with Gasteiger partial charge in [-0.2, -0.15) is 0 Å². The van der Waals surface area contributed by atoms with E-state index in [1.165, 1.54) is 0 Å². The number of nitrogens with two attached hydrogens (primary N) is 1. The zero-order chi connectivity index (χ0) is 22.7. The normalized spacial score (nSPS) is 14.6. The van der Waals surface area contributed by atoms with Crippen molar-refractivity contribution in [3.63, 3.8) is 0 Å². The molecule has 0 saturated carbocycles. The maximum absolute atomic E-state index is 12.2.